The van der Waals surface area contributed by atoms with Crippen molar-refractivity contribution in [1.29, 1.82) is 0 Å². The molecule has 0 radical (unpaired) electrons. The zero-order chi connectivity index (χ0) is 14.8. The second-order valence-corrected chi connectivity index (χ2v) is 6.11. The van der Waals surface area contributed by atoms with Gasteiger partial charge < -0.3 is 10.2 Å². The Hall–Kier alpha value is -2.12. The van der Waals surface area contributed by atoms with Crippen molar-refractivity contribution in [2.45, 2.75) is 5.03 Å². The number of hydrogen-bond acceptors (Lipinski definition) is 7. The van der Waals surface area contributed by atoms with E-state index in [9.17, 15) is 15.0 Å². The first kappa shape index (κ1) is 13.8. The number of nitrogens with zero attached hydrogens (tertiary/aromatic N) is 2. The van der Waals surface area contributed by atoms with Crippen molar-refractivity contribution in [3.63, 3.8) is 0 Å². The Kier molecular flexibility index (Phi) is 3.76. The van der Waals surface area contributed by atoms with Crippen LogP contribution in [0.5, 0.6) is 11.5 Å². The molecule has 3 rings (SSSR count). The SMILES string of the molecule is O=C(CSc1ncnc2ccsc12)c1ccc(O)c(O)c1. The Balaban J connectivity index is 1.76. The predicted molar refractivity (Wildman–Crippen MR) is 82.2 cm³/mol. The first-order valence-corrected chi connectivity index (χ1v) is 7.88. The van der Waals surface area contributed by atoms with Gasteiger partial charge in [0.25, 0.3) is 0 Å². The molecule has 106 valence electrons. The maximum Gasteiger partial charge on any atom is 0.173 e. The summed E-state index contributed by atoms with van der Waals surface area (Å²) >= 11 is 2.87. The summed E-state index contributed by atoms with van der Waals surface area (Å²) in [5.74, 6) is -0.476. The Morgan fingerprint density at radius 2 is 2.05 bits per heavy atom. The summed E-state index contributed by atoms with van der Waals surface area (Å²) in [4.78, 5) is 20.4. The first-order chi connectivity index (χ1) is 10.1. The van der Waals surface area contributed by atoms with Gasteiger partial charge in [-0.2, -0.15) is 0 Å². The van der Waals surface area contributed by atoms with E-state index in [0.717, 1.165) is 15.2 Å². The molecule has 0 saturated carbocycles. The van der Waals surface area contributed by atoms with E-state index in [1.54, 1.807) is 0 Å². The van der Waals surface area contributed by atoms with Gasteiger partial charge in [0.15, 0.2) is 17.3 Å². The number of carbonyl (C=O) groups excluding carboxylic acids is 1. The van der Waals surface area contributed by atoms with Gasteiger partial charge in [-0.1, -0.05) is 11.8 Å². The number of hydrogen-bond donors (Lipinski definition) is 2. The topological polar surface area (TPSA) is 83.3 Å². The fraction of sp³-hybridized carbons (Fsp3) is 0.0714. The lowest BCUT2D eigenvalue weighted by Crippen LogP contribution is -2.02. The summed E-state index contributed by atoms with van der Waals surface area (Å²) in [7, 11) is 0. The molecule has 0 fully saturated rings. The van der Waals surface area contributed by atoms with Crippen molar-refractivity contribution in [3.05, 3.63) is 41.5 Å². The zero-order valence-corrected chi connectivity index (χ0v) is 12.3. The van der Waals surface area contributed by atoms with Crippen molar-refractivity contribution in [2.24, 2.45) is 0 Å². The average Bonchev–Trinajstić information content (AvgIpc) is 2.96. The normalized spacial score (nSPS) is 10.9. The van der Waals surface area contributed by atoms with Crippen LogP contribution in [0.3, 0.4) is 0 Å². The number of aromatic nitrogens is 2. The molecule has 2 aromatic heterocycles. The number of thioether (sulfide) groups is 1. The van der Waals surface area contributed by atoms with E-state index in [1.165, 1.54) is 47.6 Å². The minimum Gasteiger partial charge on any atom is -0.504 e. The number of phenolic OH excluding ortho intramolecular Hbond substituents is 2. The van der Waals surface area contributed by atoms with Crippen LogP contribution in [0.4, 0.5) is 0 Å². The zero-order valence-electron chi connectivity index (χ0n) is 10.7. The molecule has 1 aromatic carbocycles. The molecule has 3 aromatic rings. The number of phenols is 2. The molecule has 0 aliphatic carbocycles. The molecule has 0 aliphatic rings. The molecule has 2 heterocycles. The van der Waals surface area contributed by atoms with Crippen LogP contribution in [0, 0.1) is 0 Å². The Labute approximate surface area is 128 Å². The van der Waals surface area contributed by atoms with Gasteiger partial charge >= 0.3 is 0 Å². The fourth-order valence-electron chi connectivity index (χ4n) is 1.78. The maximum absolute atomic E-state index is 12.1. The van der Waals surface area contributed by atoms with Gasteiger partial charge in [0.1, 0.15) is 11.4 Å². The lowest BCUT2D eigenvalue weighted by Gasteiger charge is -2.03. The van der Waals surface area contributed by atoms with Crippen LogP contribution >= 0.6 is 23.1 Å². The van der Waals surface area contributed by atoms with Crippen LogP contribution < -0.4 is 0 Å². The monoisotopic (exact) mass is 318 g/mol. The summed E-state index contributed by atoms with van der Waals surface area (Å²) in [5, 5.41) is 21.4. The van der Waals surface area contributed by atoms with Gasteiger partial charge in [0.2, 0.25) is 0 Å². The van der Waals surface area contributed by atoms with E-state index in [0.29, 0.717) is 5.56 Å². The second kappa shape index (κ2) is 5.71. The minimum atomic E-state index is -0.298. The molecule has 7 heteroatoms. The van der Waals surface area contributed by atoms with Gasteiger partial charge in [-0.25, -0.2) is 9.97 Å². The standard InChI is InChI=1S/C14H10N2O3S2/c17-10-2-1-8(5-11(10)18)12(19)6-21-14-13-9(3-4-20-13)15-7-16-14/h1-5,7,17-18H,6H2. The highest BCUT2D eigenvalue weighted by Gasteiger charge is 2.12. The Morgan fingerprint density at radius 1 is 1.19 bits per heavy atom. The number of ketones is 1. The number of Topliss-reactive ketones (excluding diaryl/α,β-unsaturated/α-hetero) is 1. The van der Waals surface area contributed by atoms with E-state index in [4.69, 9.17) is 0 Å². The molecule has 0 unspecified atom stereocenters. The van der Waals surface area contributed by atoms with Crippen molar-refractivity contribution in [3.8, 4) is 11.5 Å². The molecular weight excluding hydrogens is 308 g/mol. The smallest absolute Gasteiger partial charge is 0.173 e. The van der Waals surface area contributed by atoms with E-state index in [1.807, 2.05) is 11.4 Å². The Bertz CT molecular complexity index is 817. The number of thiophene rings is 1. The lowest BCUT2D eigenvalue weighted by atomic mass is 10.1. The number of benzene rings is 1. The fourth-order valence-corrected chi connectivity index (χ4v) is 3.62. The number of aromatic hydroxyl groups is 2. The minimum absolute atomic E-state index is 0.140. The first-order valence-electron chi connectivity index (χ1n) is 6.01. The molecule has 21 heavy (non-hydrogen) atoms. The quantitative estimate of drug-likeness (QED) is 0.333. The summed E-state index contributed by atoms with van der Waals surface area (Å²) in [6.07, 6.45) is 1.48. The number of fused-ring (bicyclic) bond motifs is 1. The van der Waals surface area contributed by atoms with Gasteiger partial charge in [-0.3, -0.25) is 4.79 Å². The van der Waals surface area contributed by atoms with E-state index >= 15 is 0 Å². The van der Waals surface area contributed by atoms with Crippen molar-refractivity contribution in [1.82, 2.24) is 9.97 Å². The Morgan fingerprint density at radius 3 is 2.86 bits per heavy atom. The van der Waals surface area contributed by atoms with Crippen molar-refractivity contribution in [2.75, 3.05) is 5.75 Å². The molecular formula is C14H10N2O3S2. The summed E-state index contributed by atoms with van der Waals surface area (Å²) in [6, 6.07) is 5.96. The number of carbonyl (C=O) groups is 1. The molecule has 5 nitrogen and oxygen atoms in total. The summed E-state index contributed by atoms with van der Waals surface area (Å²) < 4.78 is 0.962. The van der Waals surface area contributed by atoms with Crippen molar-refractivity contribution >= 4 is 39.1 Å². The highest BCUT2D eigenvalue weighted by atomic mass is 32.2. The van der Waals surface area contributed by atoms with Crippen LogP contribution in [0.15, 0.2) is 41.0 Å². The molecule has 0 bridgehead atoms. The molecule has 0 aliphatic heterocycles. The van der Waals surface area contributed by atoms with Gasteiger partial charge in [-0.05, 0) is 29.6 Å². The number of rotatable bonds is 4. The summed E-state index contributed by atoms with van der Waals surface area (Å²) in [5.41, 5.74) is 1.22. The van der Waals surface area contributed by atoms with Crippen LogP contribution in [-0.2, 0) is 0 Å². The van der Waals surface area contributed by atoms with E-state index < -0.39 is 0 Å². The van der Waals surface area contributed by atoms with Gasteiger partial charge in [0.05, 0.1) is 16.0 Å². The van der Waals surface area contributed by atoms with Crippen LogP contribution in [-0.4, -0.2) is 31.7 Å². The molecule has 0 atom stereocenters. The van der Waals surface area contributed by atoms with Crippen LogP contribution in [0.1, 0.15) is 10.4 Å². The van der Waals surface area contributed by atoms with Crippen LogP contribution in [0.25, 0.3) is 10.2 Å². The molecule has 0 spiro atoms. The van der Waals surface area contributed by atoms with E-state index in [2.05, 4.69) is 9.97 Å². The third-order valence-electron chi connectivity index (χ3n) is 2.85. The molecule has 0 saturated heterocycles. The third-order valence-corrected chi connectivity index (χ3v) is 4.88. The molecule has 0 amide bonds. The summed E-state index contributed by atoms with van der Waals surface area (Å²) in [6.45, 7) is 0. The predicted octanol–water partition coefficient (Wildman–Crippen LogP) is 3.08. The van der Waals surface area contributed by atoms with Crippen molar-refractivity contribution < 1.29 is 15.0 Å². The second-order valence-electron chi connectivity index (χ2n) is 4.23. The van der Waals surface area contributed by atoms with Gasteiger partial charge in [-0.15, -0.1) is 11.3 Å². The largest absolute Gasteiger partial charge is 0.504 e. The molecule has 2 N–H and O–H groups in total. The van der Waals surface area contributed by atoms with E-state index in [-0.39, 0.29) is 23.0 Å². The highest BCUT2D eigenvalue weighted by molar-refractivity contribution is 8.00. The lowest BCUT2D eigenvalue weighted by molar-refractivity contribution is 0.102. The van der Waals surface area contributed by atoms with Crippen LogP contribution in [0.2, 0.25) is 0 Å². The average molecular weight is 318 g/mol. The maximum atomic E-state index is 12.1. The van der Waals surface area contributed by atoms with Gasteiger partial charge in [0, 0.05) is 5.56 Å². The highest BCUT2D eigenvalue weighted by Crippen LogP contribution is 2.30. The third kappa shape index (κ3) is 2.84.